The summed E-state index contributed by atoms with van der Waals surface area (Å²) in [4.78, 5) is 4.10. The second-order valence-corrected chi connectivity index (χ2v) is 6.66. The largest absolute Gasteiger partial charge is 0.466 e. The molecule has 2 heterocycles. The van der Waals surface area contributed by atoms with Crippen LogP contribution in [-0.2, 0) is 5.60 Å². The molecule has 2 rings (SSSR count). The van der Waals surface area contributed by atoms with Gasteiger partial charge in [-0.25, -0.2) is 0 Å². The van der Waals surface area contributed by atoms with Crippen LogP contribution in [0.3, 0.4) is 0 Å². The molecule has 126 valence electrons. The van der Waals surface area contributed by atoms with E-state index in [1.807, 2.05) is 0 Å². The molecule has 1 saturated heterocycles. The Kier molecular flexibility index (Phi) is 7.50. The van der Waals surface area contributed by atoms with Gasteiger partial charge in [0.2, 0.25) is 0 Å². The van der Waals surface area contributed by atoms with Crippen LogP contribution in [0.15, 0.2) is 27.8 Å². The Hall–Kier alpha value is -0.450. The first kappa shape index (κ1) is 19.6. The van der Waals surface area contributed by atoms with E-state index >= 15 is 0 Å². The van der Waals surface area contributed by atoms with Gasteiger partial charge < -0.3 is 25.3 Å². The molecule has 1 aromatic heterocycles. The zero-order valence-corrected chi connectivity index (χ0v) is 16.0. The number of hydrogen-bond donors (Lipinski definition) is 4. The van der Waals surface area contributed by atoms with Gasteiger partial charge in [0.15, 0.2) is 5.96 Å². The van der Waals surface area contributed by atoms with Gasteiger partial charge in [0.05, 0.1) is 18.4 Å². The number of halogens is 1. The van der Waals surface area contributed by atoms with Crippen LogP contribution in [0.2, 0.25) is 0 Å². The van der Waals surface area contributed by atoms with Crippen molar-refractivity contribution in [2.75, 3.05) is 31.6 Å². The van der Waals surface area contributed by atoms with Gasteiger partial charge in [0.1, 0.15) is 11.4 Å². The molecule has 1 aromatic rings. The first-order chi connectivity index (χ1) is 9.95. The second kappa shape index (κ2) is 8.42. The number of rotatable bonds is 5. The molecule has 0 bridgehead atoms. The number of nitrogens with zero attached hydrogens (tertiary/aromatic N) is 1. The van der Waals surface area contributed by atoms with Gasteiger partial charge in [-0.15, -0.1) is 24.0 Å². The van der Waals surface area contributed by atoms with Crippen molar-refractivity contribution in [2.45, 2.75) is 24.5 Å². The third-order valence-electron chi connectivity index (χ3n) is 3.54. The standard InChI is InChI=1S/C14H23N3O3S.HI/c1-13(18,11-4-3-6-20-11)8-16-12(15-2)17-9-14(19)5-7-21-10-14;/h3-4,6,18-19H,5,7-10H2,1-2H3,(H2,15,16,17);1H. The van der Waals surface area contributed by atoms with Crippen molar-refractivity contribution in [1.29, 1.82) is 0 Å². The molecule has 8 heteroatoms. The number of hydrogen-bond acceptors (Lipinski definition) is 5. The first-order valence-corrected chi connectivity index (χ1v) is 8.12. The average molecular weight is 441 g/mol. The van der Waals surface area contributed by atoms with Gasteiger partial charge in [-0.3, -0.25) is 4.99 Å². The monoisotopic (exact) mass is 441 g/mol. The summed E-state index contributed by atoms with van der Waals surface area (Å²) < 4.78 is 5.23. The molecule has 2 atom stereocenters. The van der Waals surface area contributed by atoms with E-state index in [4.69, 9.17) is 4.42 Å². The van der Waals surface area contributed by atoms with Crippen molar-refractivity contribution < 1.29 is 14.6 Å². The molecule has 1 fully saturated rings. The Morgan fingerprint density at radius 2 is 2.32 bits per heavy atom. The fraction of sp³-hybridized carbons (Fsp3) is 0.643. The molecule has 0 aliphatic carbocycles. The van der Waals surface area contributed by atoms with E-state index in [-0.39, 0.29) is 30.5 Å². The Labute approximate surface area is 152 Å². The van der Waals surface area contributed by atoms with Crippen LogP contribution in [-0.4, -0.2) is 53.4 Å². The number of aliphatic imine (C=N–C) groups is 1. The molecular weight excluding hydrogens is 417 g/mol. The van der Waals surface area contributed by atoms with E-state index in [0.29, 0.717) is 18.3 Å². The molecule has 4 N–H and O–H groups in total. The van der Waals surface area contributed by atoms with Gasteiger partial charge in [0.25, 0.3) is 0 Å². The lowest BCUT2D eigenvalue weighted by Crippen LogP contribution is -2.49. The van der Waals surface area contributed by atoms with Gasteiger partial charge in [-0.2, -0.15) is 11.8 Å². The minimum Gasteiger partial charge on any atom is -0.466 e. The van der Waals surface area contributed by atoms with E-state index in [2.05, 4.69) is 15.6 Å². The second-order valence-electron chi connectivity index (χ2n) is 5.56. The Morgan fingerprint density at radius 1 is 1.55 bits per heavy atom. The Bertz CT molecular complexity index is 474. The van der Waals surface area contributed by atoms with E-state index in [1.54, 1.807) is 37.9 Å². The highest BCUT2D eigenvalue weighted by Crippen LogP contribution is 2.26. The third kappa shape index (κ3) is 5.32. The van der Waals surface area contributed by atoms with E-state index < -0.39 is 11.2 Å². The van der Waals surface area contributed by atoms with Crippen LogP contribution in [0, 0.1) is 0 Å². The lowest BCUT2D eigenvalue weighted by atomic mass is 10.0. The molecule has 0 saturated carbocycles. The van der Waals surface area contributed by atoms with Crippen molar-refractivity contribution in [3.8, 4) is 0 Å². The summed E-state index contributed by atoms with van der Waals surface area (Å²) in [7, 11) is 1.66. The van der Waals surface area contributed by atoms with Crippen LogP contribution < -0.4 is 10.6 Å². The topological polar surface area (TPSA) is 90.0 Å². The number of nitrogens with one attached hydrogen (secondary N) is 2. The Morgan fingerprint density at radius 3 is 2.86 bits per heavy atom. The van der Waals surface area contributed by atoms with Crippen molar-refractivity contribution in [1.82, 2.24) is 10.6 Å². The summed E-state index contributed by atoms with van der Waals surface area (Å²) in [6, 6.07) is 3.47. The highest BCUT2D eigenvalue weighted by molar-refractivity contribution is 14.0. The molecule has 2 unspecified atom stereocenters. The molecular formula is C14H24IN3O3S. The zero-order valence-electron chi connectivity index (χ0n) is 12.8. The maximum atomic E-state index is 10.4. The molecule has 22 heavy (non-hydrogen) atoms. The van der Waals surface area contributed by atoms with Crippen molar-refractivity contribution in [2.24, 2.45) is 4.99 Å². The smallest absolute Gasteiger partial charge is 0.191 e. The highest BCUT2D eigenvalue weighted by atomic mass is 127. The van der Waals surface area contributed by atoms with Gasteiger partial charge >= 0.3 is 0 Å². The van der Waals surface area contributed by atoms with Crippen molar-refractivity contribution in [3.63, 3.8) is 0 Å². The Balaban J connectivity index is 0.00000242. The maximum Gasteiger partial charge on any atom is 0.191 e. The highest BCUT2D eigenvalue weighted by Gasteiger charge is 2.32. The predicted molar refractivity (Wildman–Crippen MR) is 100.0 cm³/mol. The number of thioether (sulfide) groups is 1. The van der Waals surface area contributed by atoms with E-state index in [0.717, 1.165) is 17.9 Å². The van der Waals surface area contributed by atoms with Crippen LogP contribution in [0.4, 0.5) is 0 Å². The predicted octanol–water partition coefficient (Wildman–Crippen LogP) is 1.14. The van der Waals surface area contributed by atoms with Gasteiger partial charge in [0, 0.05) is 19.3 Å². The fourth-order valence-electron chi connectivity index (χ4n) is 2.13. The van der Waals surface area contributed by atoms with Crippen LogP contribution in [0.25, 0.3) is 0 Å². The average Bonchev–Trinajstić information content (AvgIpc) is 3.11. The minimum absolute atomic E-state index is 0. The molecule has 0 amide bonds. The summed E-state index contributed by atoms with van der Waals surface area (Å²) in [5, 5.41) is 26.8. The minimum atomic E-state index is -1.12. The van der Waals surface area contributed by atoms with Gasteiger partial charge in [-0.1, -0.05) is 0 Å². The summed E-state index contributed by atoms with van der Waals surface area (Å²) in [5.41, 5.74) is -1.80. The van der Waals surface area contributed by atoms with E-state index in [1.165, 1.54) is 6.26 Å². The summed E-state index contributed by atoms with van der Waals surface area (Å²) >= 11 is 1.75. The molecule has 0 radical (unpaired) electrons. The molecule has 1 aliphatic heterocycles. The number of aliphatic hydroxyl groups is 2. The third-order valence-corrected chi connectivity index (χ3v) is 4.78. The van der Waals surface area contributed by atoms with Crippen LogP contribution in [0.1, 0.15) is 19.1 Å². The lowest BCUT2D eigenvalue weighted by Gasteiger charge is -2.25. The van der Waals surface area contributed by atoms with Crippen molar-refractivity contribution in [3.05, 3.63) is 24.2 Å². The quantitative estimate of drug-likeness (QED) is 0.311. The van der Waals surface area contributed by atoms with Crippen LogP contribution in [0.5, 0.6) is 0 Å². The zero-order chi connectivity index (χ0) is 15.3. The maximum absolute atomic E-state index is 10.4. The first-order valence-electron chi connectivity index (χ1n) is 6.96. The normalized spacial score (nSPS) is 24.5. The molecule has 1 aliphatic rings. The lowest BCUT2D eigenvalue weighted by molar-refractivity contribution is 0.0383. The van der Waals surface area contributed by atoms with Gasteiger partial charge in [-0.05, 0) is 31.2 Å². The van der Waals surface area contributed by atoms with Crippen LogP contribution >= 0.6 is 35.7 Å². The summed E-state index contributed by atoms with van der Waals surface area (Å²) in [6.45, 7) is 2.38. The molecule has 6 nitrogen and oxygen atoms in total. The molecule has 0 aromatic carbocycles. The summed E-state index contributed by atoms with van der Waals surface area (Å²) in [5.74, 6) is 2.77. The number of furan rings is 1. The SMILES string of the molecule is CN=C(NCC1(O)CCSC1)NCC(C)(O)c1ccco1.I. The number of guanidine groups is 1. The van der Waals surface area contributed by atoms with E-state index in [9.17, 15) is 10.2 Å². The fourth-order valence-corrected chi connectivity index (χ4v) is 3.43. The summed E-state index contributed by atoms with van der Waals surface area (Å²) in [6.07, 6.45) is 2.32. The molecule has 0 spiro atoms. The van der Waals surface area contributed by atoms with Crippen molar-refractivity contribution >= 4 is 41.7 Å².